The van der Waals surface area contributed by atoms with Crippen molar-refractivity contribution in [1.82, 2.24) is 5.32 Å². The van der Waals surface area contributed by atoms with Crippen LogP contribution in [0.4, 0.5) is 0 Å². The molecule has 0 aromatic heterocycles. The van der Waals surface area contributed by atoms with Gasteiger partial charge in [-0.15, -0.1) is 0 Å². The van der Waals surface area contributed by atoms with Crippen LogP contribution < -0.4 is 5.32 Å². The zero-order chi connectivity index (χ0) is 7.11. The Labute approximate surface area is 56.7 Å². The lowest BCUT2D eigenvalue weighted by atomic mass is 10.3. The van der Waals surface area contributed by atoms with Gasteiger partial charge in [0.25, 0.3) is 0 Å². The highest BCUT2D eigenvalue weighted by Gasteiger charge is 1.89. The van der Waals surface area contributed by atoms with Crippen molar-refractivity contribution < 1.29 is 0 Å². The van der Waals surface area contributed by atoms with Crippen LogP contribution in [0.15, 0.2) is 17.8 Å². The van der Waals surface area contributed by atoms with Crippen LogP contribution in [-0.2, 0) is 0 Å². The summed E-state index contributed by atoms with van der Waals surface area (Å²) in [6, 6.07) is 0. The Hall–Kier alpha value is -0.630. The minimum atomic E-state index is 0.864. The molecule has 0 unspecified atom stereocenters. The van der Waals surface area contributed by atoms with Crippen LogP contribution in [0.1, 0.15) is 13.3 Å². The van der Waals surface area contributed by atoms with Gasteiger partial charge in [-0.1, -0.05) is 13.5 Å². The van der Waals surface area contributed by atoms with E-state index in [4.69, 9.17) is 0 Å². The molecule has 2 heteroatoms. The fourth-order valence-corrected chi connectivity index (χ4v) is 0.595. The number of nitrogens with zero attached hydrogens (tertiary/aromatic N) is 1. The first-order chi connectivity index (χ1) is 4.35. The third kappa shape index (κ3) is 3.91. The maximum atomic E-state index is 4.05. The van der Waals surface area contributed by atoms with Crippen molar-refractivity contribution in [1.29, 1.82) is 0 Å². The van der Waals surface area contributed by atoms with Crippen LogP contribution in [0, 0.1) is 0 Å². The second kappa shape index (κ2) is 5.51. The lowest BCUT2D eigenvalue weighted by Crippen LogP contribution is -2.17. The van der Waals surface area contributed by atoms with Crippen molar-refractivity contribution in [2.24, 2.45) is 4.99 Å². The molecule has 1 N–H and O–H groups in total. The molecule has 0 atom stereocenters. The van der Waals surface area contributed by atoms with Crippen molar-refractivity contribution >= 4 is 5.71 Å². The molecule has 0 aliphatic carbocycles. The van der Waals surface area contributed by atoms with Gasteiger partial charge in [0.1, 0.15) is 0 Å². The molecule has 0 radical (unpaired) electrons. The minimum absolute atomic E-state index is 0.864. The molecule has 0 spiro atoms. The summed E-state index contributed by atoms with van der Waals surface area (Å²) in [5, 5.41) is 3.02. The first-order valence-corrected chi connectivity index (χ1v) is 3.16. The van der Waals surface area contributed by atoms with E-state index in [-0.39, 0.29) is 0 Å². The van der Waals surface area contributed by atoms with Gasteiger partial charge < -0.3 is 5.32 Å². The van der Waals surface area contributed by atoms with Gasteiger partial charge in [-0.05, 0) is 13.5 Å². The Morgan fingerprint density at radius 1 is 1.78 bits per heavy atom. The molecule has 0 bridgehead atoms. The Bertz CT molecular complexity index is 105. The van der Waals surface area contributed by atoms with Gasteiger partial charge in [-0.2, -0.15) is 0 Å². The standard InChI is InChI=1S/C7H14N2/c1-4-7(6-8-3)9-5-2/h5,8H,2,4,6H2,1,3H3. The van der Waals surface area contributed by atoms with E-state index in [1.54, 1.807) is 6.20 Å². The average Bonchev–Trinajstić information content (AvgIpc) is 1.88. The van der Waals surface area contributed by atoms with E-state index in [1.165, 1.54) is 0 Å². The summed E-state index contributed by atoms with van der Waals surface area (Å²) in [6.07, 6.45) is 2.57. The molecule has 0 rings (SSSR count). The Morgan fingerprint density at radius 3 is 2.78 bits per heavy atom. The molecule has 0 aliphatic rings. The Morgan fingerprint density at radius 2 is 2.44 bits per heavy atom. The predicted molar refractivity (Wildman–Crippen MR) is 41.8 cm³/mol. The van der Waals surface area contributed by atoms with Gasteiger partial charge >= 0.3 is 0 Å². The van der Waals surface area contributed by atoms with E-state index in [1.807, 2.05) is 7.05 Å². The monoisotopic (exact) mass is 126 g/mol. The summed E-state index contributed by atoms with van der Waals surface area (Å²) < 4.78 is 0. The molecule has 0 fully saturated rings. The number of rotatable bonds is 4. The Kier molecular flexibility index (Phi) is 5.12. The third-order valence-corrected chi connectivity index (χ3v) is 1.06. The highest BCUT2D eigenvalue weighted by molar-refractivity contribution is 5.86. The summed E-state index contributed by atoms with van der Waals surface area (Å²) in [6.45, 7) is 6.46. The SMILES string of the molecule is C=CN=C(CC)CNC. The number of hydrogen-bond acceptors (Lipinski definition) is 2. The van der Waals surface area contributed by atoms with Gasteiger partial charge in [0.2, 0.25) is 0 Å². The van der Waals surface area contributed by atoms with Crippen molar-refractivity contribution in [3.8, 4) is 0 Å². The van der Waals surface area contributed by atoms with Crippen LogP contribution in [-0.4, -0.2) is 19.3 Å². The van der Waals surface area contributed by atoms with Crippen LogP contribution in [0.25, 0.3) is 0 Å². The molecular weight excluding hydrogens is 112 g/mol. The van der Waals surface area contributed by atoms with Crippen molar-refractivity contribution in [3.63, 3.8) is 0 Å². The van der Waals surface area contributed by atoms with E-state index in [0.29, 0.717) is 0 Å². The fourth-order valence-electron chi connectivity index (χ4n) is 0.595. The molecule has 0 aliphatic heterocycles. The van der Waals surface area contributed by atoms with E-state index in [9.17, 15) is 0 Å². The summed E-state index contributed by atoms with van der Waals surface area (Å²) in [4.78, 5) is 4.05. The molecule has 52 valence electrons. The second-order valence-corrected chi connectivity index (χ2v) is 1.76. The number of hydrogen-bond donors (Lipinski definition) is 1. The molecule has 0 aromatic carbocycles. The smallest absolute Gasteiger partial charge is 0.0337 e. The van der Waals surface area contributed by atoms with Crippen molar-refractivity contribution in [3.05, 3.63) is 12.8 Å². The summed E-state index contributed by atoms with van der Waals surface area (Å²) >= 11 is 0. The topological polar surface area (TPSA) is 24.4 Å². The molecule has 2 nitrogen and oxygen atoms in total. The fraction of sp³-hybridized carbons (Fsp3) is 0.571. The molecular formula is C7H14N2. The van der Waals surface area contributed by atoms with E-state index in [2.05, 4.69) is 23.8 Å². The first kappa shape index (κ1) is 8.37. The van der Waals surface area contributed by atoms with Gasteiger partial charge in [-0.25, -0.2) is 0 Å². The normalized spacial score (nSPS) is 11.6. The first-order valence-electron chi connectivity index (χ1n) is 3.16. The summed E-state index contributed by atoms with van der Waals surface area (Å²) in [7, 11) is 1.91. The molecule has 0 heterocycles. The van der Waals surface area contributed by atoms with Crippen LogP contribution in [0.5, 0.6) is 0 Å². The lowest BCUT2D eigenvalue weighted by molar-refractivity contribution is 0.928. The van der Waals surface area contributed by atoms with Gasteiger partial charge in [-0.3, -0.25) is 4.99 Å². The average molecular weight is 126 g/mol. The van der Waals surface area contributed by atoms with Crippen LogP contribution in [0.3, 0.4) is 0 Å². The highest BCUT2D eigenvalue weighted by atomic mass is 14.8. The third-order valence-electron chi connectivity index (χ3n) is 1.06. The van der Waals surface area contributed by atoms with Crippen LogP contribution in [0.2, 0.25) is 0 Å². The maximum absolute atomic E-state index is 4.05. The predicted octanol–water partition coefficient (Wildman–Crippen LogP) is 1.20. The molecule has 9 heavy (non-hydrogen) atoms. The quantitative estimate of drug-likeness (QED) is 0.562. The molecule has 0 saturated carbocycles. The number of nitrogens with one attached hydrogen (secondary N) is 1. The van der Waals surface area contributed by atoms with Gasteiger partial charge in [0, 0.05) is 18.5 Å². The zero-order valence-corrected chi connectivity index (χ0v) is 6.15. The molecule has 0 aromatic rings. The zero-order valence-electron chi connectivity index (χ0n) is 6.15. The molecule has 0 amide bonds. The van der Waals surface area contributed by atoms with Crippen molar-refractivity contribution in [2.45, 2.75) is 13.3 Å². The van der Waals surface area contributed by atoms with Gasteiger partial charge in [0.05, 0.1) is 0 Å². The summed E-state index contributed by atoms with van der Waals surface area (Å²) in [5.74, 6) is 0. The van der Waals surface area contributed by atoms with Crippen LogP contribution >= 0.6 is 0 Å². The molecule has 0 saturated heterocycles. The van der Waals surface area contributed by atoms with Crippen molar-refractivity contribution in [2.75, 3.05) is 13.6 Å². The Balaban J connectivity index is 3.66. The highest BCUT2D eigenvalue weighted by Crippen LogP contribution is 1.83. The van der Waals surface area contributed by atoms with E-state index < -0.39 is 0 Å². The lowest BCUT2D eigenvalue weighted by Gasteiger charge is -1.98. The van der Waals surface area contributed by atoms with Gasteiger partial charge in [0.15, 0.2) is 0 Å². The number of aliphatic imine (C=N–C) groups is 1. The van der Waals surface area contributed by atoms with E-state index >= 15 is 0 Å². The minimum Gasteiger partial charge on any atom is -0.315 e. The largest absolute Gasteiger partial charge is 0.315 e. The summed E-state index contributed by atoms with van der Waals surface area (Å²) in [5.41, 5.74) is 1.15. The van der Waals surface area contributed by atoms with E-state index in [0.717, 1.165) is 18.7 Å². The maximum Gasteiger partial charge on any atom is 0.0337 e. The second-order valence-electron chi connectivity index (χ2n) is 1.76.